The normalized spacial score (nSPS) is 15.7. The Morgan fingerprint density at radius 3 is 2.65 bits per heavy atom. The number of fused-ring (bicyclic) bond motifs is 1. The maximum absolute atomic E-state index is 12.9. The quantitative estimate of drug-likeness (QED) is 0.643. The highest BCUT2D eigenvalue weighted by Crippen LogP contribution is 2.48. The molecule has 0 spiro atoms. The first-order chi connectivity index (χ1) is 14.7. The maximum Gasteiger partial charge on any atom is 0.260 e. The lowest BCUT2D eigenvalue weighted by molar-refractivity contribution is -0.122. The van der Waals surface area contributed by atoms with Gasteiger partial charge in [0.05, 0.1) is 22.0 Å². The van der Waals surface area contributed by atoms with E-state index in [9.17, 15) is 14.4 Å². The van der Waals surface area contributed by atoms with Gasteiger partial charge >= 0.3 is 0 Å². The third-order valence-corrected chi connectivity index (χ3v) is 7.38. The van der Waals surface area contributed by atoms with Gasteiger partial charge in [-0.2, -0.15) is 0 Å². The molecule has 1 aromatic carbocycles. The molecule has 0 saturated heterocycles. The van der Waals surface area contributed by atoms with E-state index in [1.807, 2.05) is 0 Å². The number of thioether (sulfide) groups is 1. The first-order valence-electron chi connectivity index (χ1n) is 10.8. The Bertz CT molecular complexity index is 1030. The molecule has 31 heavy (non-hydrogen) atoms. The van der Waals surface area contributed by atoms with Gasteiger partial charge in [0.15, 0.2) is 0 Å². The van der Waals surface area contributed by atoms with Crippen molar-refractivity contribution >= 4 is 34.5 Å². The molecule has 1 aromatic heterocycles. The van der Waals surface area contributed by atoms with E-state index in [2.05, 4.69) is 31.1 Å². The fourth-order valence-corrected chi connectivity index (χ4v) is 4.83. The second-order valence-corrected chi connectivity index (χ2v) is 10.3. The van der Waals surface area contributed by atoms with Crippen LogP contribution in [0.15, 0.2) is 29.3 Å². The molecule has 1 heterocycles. The summed E-state index contributed by atoms with van der Waals surface area (Å²) >= 11 is 1.73. The molecule has 8 heteroatoms. The third kappa shape index (κ3) is 5.11. The zero-order valence-corrected chi connectivity index (χ0v) is 19.8. The van der Waals surface area contributed by atoms with Gasteiger partial charge in [0.25, 0.3) is 11.5 Å². The number of nitrogens with zero attached hydrogens (tertiary/aromatic N) is 3. The van der Waals surface area contributed by atoms with E-state index in [0.29, 0.717) is 29.4 Å². The van der Waals surface area contributed by atoms with Gasteiger partial charge < -0.3 is 14.8 Å². The van der Waals surface area contributed by atoms with Crippen LogP contribution in [0, 0.1) is 5.92 Å². The molecule has 2 aromatic rings. The van der Waals surface area contributed by atoms with Crippen LogP contribution in [0.1, 0.15) is 50.4 Å². The van der Waals surface area contributed by atoms with E-state index in [0.717, 1.165) is 18.6 Å². The van der Waals surface area contributed by atoms with Gasteiger partial charge in [0, 0.05) is 32.2 Å². The maximum atomic E-state index is 12.9. The van der Waals surface area contributed by atoms with Crippen LogP contribution in [0.5, 0.6) is 0 Å². The van der Waals surface area contributed by atoms with Crippen LogP contribution in [0.2, 0.25) is 0 Å². The summed E-state index contributed by atoms with van der Waals surface area (Å²) in [5.74, 6) is 1.22. The highest BCUT2D eigenvalue weighted by atomic mass is 32.2. The molecule has 1 N–H and O–H groups in total. The molecule has 0 aliphatic heterocycles. The Hall–Kier alpha value is -2.35. The van der Waals surface area contributed by atoms with Crippen molar-refractivity contribution in [3.05, 3.63) is 40.4 Å². The summed E-state index contributed by atoms with van der Waals surface area (Å²) in [6, 6.07) is 5.00. The Morgan fingerprint density at radius 2 is 2.03 bits per heavy atom. The Labute approximate surface area is 187 Å². The van der Waals surface area contributed by atoms with Crippen LogP contribution in [-0.2, 0) is 11.8 Å². The topological polar surface area (TPSA) is 84.3 Å². The number of amides is 2. The SMILES string of the molecule is CCSC1(C(=O)NC(CCN(C)C(=O)c2ccc3c(=O)n(C)cnc3c2)C(C)C)CC1. The minimum absolute atomic E-state index is 0.0129. The van der Waals surface area contributed by atoms with Gasteiger partial charge in [-0.05, 0) is 49.1 Å². The van der Waals surface area contributed by atoms with Gasteiger partial charge in [-0.1, -0.05) is 20.8 Å². The molecular weight excluding hydrogens is 412 g/mol. The number of hydrogen-bond acceptors (Lipinski definition) is 5. The second-order valence-electron chi connectivity index (χ2n) is 8.66. The van der Waals surface area contributed by atoms with E-state index < -0.39 is 0 Å². The Morgan fingerprint density at radius 1 is 1.32 bits per heavy atom. The van der Waals surface area contributed by atoms with Crippen LogP contribution in [0.3, 0.4) is 0 Å². The number of benzene rings is 1. The van der Waals surface area contributed by atoms with Crippen molar-refractivity contribution in [2.45, 2.75) is 50.8 Å². The van der Waals surface area contributed by atoms with E-state index >= 15 is 0 Å². The van der Waals surface area contributed by atoms with Crippen molar-refractivity contribution in [3.63, 3.8) is 0 Å². The van der Waals surface area contributed by atoms with Crippen molar-refractivity contribution in [1.29, 1.82) is 0 Å². The van der Waals surface area contributed by atoms with Crippen molar-refractivity contribution in [1.82, 2.24) is 19.8 Å². The molecule has 168 valence electrons. The first kappa shape index (κ1) is 23.3. The highest BCUT2D eigenvalue weighted by Gasteiger charge is 2.50. The van der Waals surface area contributed by atoms with Gasteiger partial charge in [-0.25, -0.2) is 4.98 Å². The molecule has 1 fully saturated rings. The number of rotatable bonds is 9. The standard InChI is InChI=1S/C23H32N4O3S/c1-6-31-23(10-11-23)22(30)25-18(15(2)3)9-12-26(4)20(28)16-7-8-17-19(13-16)24-14-27(5)21(17)29/h7-8,13-15,18H,6,9-12H2,1-5H3,(H,25,30). The van der Waals surface area contributed by atoms with Gasteiger partial charge in [0.1, 0.15) is 0 Å². The zero-order chi connectivity index (χ0) is 22.8. The number of aromatic nitrogens is 2. The predicted molar refractivity (Wildman–Crippen MR) is 125 cm³/mol. The smallest absolute Gasteiger partial charge is 0.260 e. The van der Waals surface area contributed by atoms with Crippen LogP contribution >= 0.6 is 11.8 Å². The minimum Gasteiger partial charge on any atom is -0.352 e. The Kier molecular flexibility index (Phi) is 7.09. The molecule has 3 rings (SSSR count). The molecule has 1 unspecified atom stereocenters. The molecule has 1 aliphatic rings. The lowest BCUT2D eigenvalue weighted by Crippen LogP contribution is -2.45. The summed E-state index contributed by atoms with van der Waals surface area (Å²) in [6.07, 6.45) is 4.03. The van der Waals surface area contributed by atoms with Crippen LogP contribution in [0.4, 0.5) is 0 Å². The predicted octanol–water partition coefficient (Wildman–Crippen LogP) is 2.82. The lowest BCUT2D eigenvalue weighted by atomic mass is 10.00. The van der Waals surface area contributed by atoms with Crippen molar-refractivity contribution < 1.29 is 9.59 Å². The fraction of sp³-hybridized carbons (Fsp3) is 0.565. The number of nitrogens with one attached hydrogen (secondary N) is 1. The van der Waals surface area contributed by atoms with Crippen molar-refractivity contribution in [3.8, 4) is 0 Å². The van der Waals surface area contributed by atoms with E-state index in [1.54, 1.807) is 49.0 Å². The largest absolute Gasteiger partial charge is 0.352 e. The van der Waals surface area contributed by atoms with E-state index in [1.165, 1.54) is 10.9 Å². The summed E-state index contributed by atoms with van der Waals surface area (Å²) in [5, 5.41) is 3.72. The summed E-state index contributed by atoms with van der Waals surface area (Å²) in [7, 11) is 3.41. The highest BCUT2D eigenvalue weighted by molar-refractivity contribution is 8.01. The average Bonchev–Trinajstić information content (AvgIpc) is 3.53. The summed E-state index contributed by atoms with van der Waals surface area (Å²) < 4.78 is 1.18. The molecule has 1 saturated carbocycles. The monoisotopic (exact) mass is 444 g/mol. The van der Waals surface area contributed by atoms with Crippen LogP contribution < -0.4 is 10.9 Å². The van der Waals surface area contributed by atoms with E-state index in [4.69, 9.17) is 0 Å². The Balaban J connectivity index is 1.64. The first-order valence-corrected chi connectivity index (χ1v) is 11.8. The van der Waals surface area contributed by atoms with Crippen LogP contribution in [-0.4, -0.2) is 56.4 Å². The van der Waals surface area contributed by atoms with Gasteiger partial charge in [-0.15, -0.1) is 11.8 Å². The zero-order valence-electron chi connectivity index (χ0n) is 19.0. The third-order valence-electron chi connectivity index (χ3n) is 5.95. The number of carbonyl (C=O) groups excluding carboxylic acids is 2. The van der Waals surface area contributed by atoms with Gasteiger partial charge in [-0.3, -0.25) is 14.4 Å². The fourth-order valence-electron chi connectivity index (χ4n) is 3.70. The minimum atomic E-state index is -0.237. The molecule has 2 amide bonds. The van der Waals surface area contributed by atoms with Crippen molar-refractivity contribution in [2.24, 2.45) is 13.0 Å². The molecular formula is C23H32N4O3S. The summed E-state index contributed by atoms with van der Waals surface area (Å²) in [5.41, 5.74) is 0.873. The lowest BCUT2D eigenvalue weighted by Gasteiger charge is -2.27. The summed E-state index contributed by atoms with van der Waals surface area (Å²) in [4.78, 5) is 43.8. The second kappa shape index (κ2) is 9.42. The van der Waals surface area contributed by atoms with E-state index in [-0.39, 0.29) is 34.1 Å². The molecule has 1 atom stereocenters. The molecule has 1 aliphatic carbocycles. The van der Waals surface area contributed by atoms with Crippen LogP contribution in [0.25, 0.3) is 10.9 Å². The number of carbonyl (C=O) groups is 2. The summed E-state index contributed by atoms with van der Waals surface area (Å²) in [6.45, 7) is 6.79. The number of hydrogen-bond donors (Lipinski definition) is 1. The van der Waals surface area contributed by atoms with Gasteiger partial charge in [0.2, 0.25) is 5.91 Å². The molecule has 0 bridgehead atoms. The molecule has 0 radical (unpaired) electrons. The average molecular weight is 445 g/mol. The number of aryl methyl sites for hydroxylation is 1. The molecule has 7 nitrogen and oxygen atoms in total. The van der Waals surface area contributed by atoms with Crippen molar-refractivity contribution in [2.75, 3.05) is 19.3 Å².